The van der Waals surface area contributed by atoms with Crippen LogP contribution in [0.15, 0.2) is 0 Å². The Labute approximate surface area is 113 Å². The van der Waals surface area contributed by atoms with E-state index in [-0.39, 0.29) is 0 Å². The number of hydrogen-bond acceptors (Lipinski definition) is 2. The molecule has 0 N–H and O–H groups in total. The third-order valence-electron chi connectivity index (χ3n) is 3.60. The Kier molecular flexibility index (Phi) is 4.86. The molecule has 0 aromatic carbocycles. The molecule has 2 aliphatic heterocycles. The zero-order valence-electron chi connectivity index (χ0n) is 10.1. The minimum Gasteiger partial charge on any atom is -0.195 e. The molecule has 6 heteroatoms. The highest BCUT2D eigenvalue weighted by Crippen LogP contribution is 2.23. The van der Waals surface area contributed by atoms with Crippen LogP contribution in [0, 0.1) is 0 Å². The van der Waals surface area contributed by atoms with E-state index in [1.165, 1.54) is 0 Å². The fourth-order valence-corrected chi connectivity index (χ4v) is 4.62. The lowest BCUT2D eigenvalue weighted by atomic mass is 10.2. The summed E-state index contributed by atoms with van der Waals surface area (Å²) in [5.74, 6) is 0. The summed E-state index contributed by atoms with van der Waals surface area (Å²) in [6, 6.07) is 0. The fourth-order valence-electron chi connectivity index (χ4n) is 2.49. The highest BCUT2D eigenvalue weighted by Gasteiger charge is 2.32. The first-order valence-corrected chi connectivity index (χ1v) is 8.81. The van der Waals surface area contributed by atoms with Crippen LogP contribution in [0.4, 0.5) is 0 Å². The van der Waals surface area contributed by atoms with Gasteiger partial charge in [-0.3, -0.25) is 0 Å². The molecular formula is C11H21BrN2O2S. The smallest absolute Gasteiger partial charge is 0.195 e. The van der Waals surface area contributed by atoms with Crippen LogP contribution in [-0.2, 0) is 10.2 Å². The van der Waals surface area contributed by atoms with Gasteiger partial charge in [-0.1, -0.05) is 28.8 Å². The second-order valence-electron chi connectivity index (χ2n) is 4.89. The molecule has 0 saturated carbocycles. The van der Waals surface area contributed by atoms with Gasteiger partial charge < -0.3 is 0 Å². The largest absolute Gasteiger partial charge is 0.281 e. The third kappa shape index (κ3) is 3.43. The maximum atomic E-state index is 12.4. The average Bonchev–Trinajstić information content (AvgIpc) is 2.58. The summed E-state index contributed by atoms with van der Waals surface area (Å²) >= 11 is 3.56. The molecule has 2 fully saturated rings. The van der Waals surface area contributed by atoms with E-state index in [9.17, 15) is 8.42 Å². The molecule has 0 bridgehead atoms. The molecule has 0 aliphatic carbocycles. The molecule has 17 heavy (non-hydrogen) atoms. The van der Waals surface area contributed by atoms with Gasteiger partial charge in [0, 0.05) is 31.0 Å². The second kappa shape index (κ2) is 5.99. The van der Waals surface area contributed by atoms with Crippen molar-refractivity contribution in [2.45, 2.75) is 43.4 Å². The summed E-state index contributed by atoms with van der Waals surface area (Å²) in [6.07, 6.45) is 6.19. The molecule has 100 valence electrons. The predicted octanol–water partition coefficient (Wildman–Crippen LogP) is 1.97. The summed E-state index contributed by atoms with van der Waals surface area (Å²) in [4.78, 5) is 0.484. The molecule has 2 aliphatic rings. The molecular weight excluding hydrogens is 304 g/mol. The van der Waals surface area contributed by atoms with Gasteiger partial charge in [-0.05, 0) is 25.7 Å². The Morgan fingerprint density at radius 1 is 0.824 bits per heavy atom. The average molecular weight is 325 g/mol. The van der Waals surface area contributed by atoms with Gasteiger partial charge in [0.2, 0.25) is 0 Å². The van der Waals surface area contributed by atoms with Crippen molar-refractivity contribution in [2.75, 3.05) is 26.2 Å². The molecule has 0 spiro atoms. The maximum absolute atomic E-state index is 12.4. The van der Waals surface area contributed by atoms with Gasteiger partial charge in [0.25, 0.3) is 10.2 Å². The zero-order valence-corrected chi connectivity index (χ0v) is 12.5. The van der Waals surface area contributed by atoms with E-state index in [0.29, 0.717) is 31.0 Å². The first-order valence-electron chi connectivity index (χ1n) is 6.50. The monoisotopic (exact) mass is 324 g/mol. The minimum atomic E-state index is -3.19. The Morgan fingerprint density at radius 3 is 1.82 bits per heavy atom. The van der Waals surface area contributed by atoms with Crippen LogP contribution in [0.25, 0.3) is 0 Å². The van der Waals surface area contributed by atoms with Crippen LogP contribution < -0.4 is 0 Å². The SMILES string of the molecule is O=S(=O)(N1CCCCCC1)N1CCC(Br)CC1. The van der Waals surface area contributed by atoms with Crippen LogP contribution in [0.2, 0.25) is 0 Å². The minimum absolute atomic E-state index is 0.484. The van der Waals surface area contributed by atoms with E-state index in [1.54, 1.807) is 8.61 Å². The lowest BCUT2D eigenvalue weighted by molar-refractivity contribution is 0.310. The summed E-state index contributed by atoms with van der Waals surface area (Å²) in [6.45, 7) is 2.73. The van der Waals surface area contributed by atoms with Crippen molar-refractivity contribution in [3.05, 3.63) is 0 Å². The van der Waals surface area contributed by atoms with E-state index >= 15 is 0 Å². The molecule has 2 rings (SSSR count). The Balaban J connectivity index is 2.01. The van der Waals surface area contributed by atoms with Crippen LogP contribution in [0.3, 0.4) is 0 Å². The van der Waals surface area contributed by atoms with Crippen molar-refractivity contribution in [1.82, 2.24) is 8.61 Å². The first kappa shape index (κ1) is 13.8. The van der Waals surface area contributed by atoms with Crippen LogP contribution in [0.5, 0.6) is 0 Å². The van der Waals surface area contributed by atoms with Gasteiger partial charge in [0.15, 0.2) is 0 Å². The third-order valence-corrected chi connectivity index (χ3v) is 6.55. The number of alkyl halides is 1. The highest BCUT2D eigenvalue weighted by molar-refractivity contribution is 9.09. The molecule has 0 unspecified atom stereocenters. The van der Waals surface area contributed by atoms with E-state index in [1.807, 2.05) is 0 Å². The Bertz CT molecular complexity index is 331. The maximum Gasteiger partial charge on any atom is 0.281 e. The van der Waals surface area contributed by atoms with Crippen molar-refractivity contribution in [3.63, 3.8) is 0 Å². The van der Waals surface area contributed by atoms with E-state index < -0.39 is 10.2 Å². The number of nitrogens with zero attached hydrogens (tertiary/aromatic N) is 2. The first-order chi connectivity index (χ1) is 8.10. The molecule has 0 atom stereocenters. The van der Waals surface area contributed by atoms with Gasteiger partial charge >= 0.3 is 0 Å². The summed E-state index contributed by atoms with van der Waals surface area (Å²) in [7, 11) is -3.19. The molecule has 2 saturated heterocycles. The van der Waals surface area contributed by atoms with E-state index in [0.717, 1.165) is 38.5 Å². The molecule has 2 heterocycles. The Hall–Kier alpha value is 0.350. The number of piperidine rings is 1. The molecule has 0 amide bonds. The fraction of sp³-hybridized carbons (Fsp3) is 1.00. The van der Waals surface area contributed by atoms with E-state index in [4.69, 9.17) is 0 Å². The van der Waals surface area contributed by atoms with Crippen molar-refractivity contribution in [1.29, 1.82) is 0 Å². The molecule has 4 nitrogen and oxygen atoms in total. The van der Waals surface area contributed by atoms with Gasteiger partial charge in [-0.2, -0.15) is 17.0 Å². The number of rotatable bonds is 2. The topological polar surface area (TPSA) is 40.6 Å². The predicted molar refractivity (Wildman–Crippen MR) is 72.5 cm³/mol. The molecule has 0 radical (unpaired) electrons. The second-order valence-corrected chi connectivity index (χ2v) is 8.12. The highest BCUT2D eigenvalue weighted by atomic mass is 79.9. The van der Waals surface area contributed by atoms with Gasteiger partial charge in [0.1, 0.15) is 0 Å². The van der Waals surface area contributed by atoms with Gasteiger partial charge in [-0.15, -0.1) is 0 Å². The number of hydrogen-bond donors (Lipinski definition) is 0. The van der Waals surface area contributed by atoms with Gasteiger partial charge in [-0.25, -0.2) is 0 Å². The lowest BCUT2D eigenvalue weighted by Gasteiger charge is -2.33. The summed E-state index contributed by atoms with van der Waals surface area (Å²) in [5, 5.41) is 0. The quantitative estimate of drug-likeness (QED) is 0.728. The zero-order chi connectivity index (χ0) is 12.3. The van der Waals surface area contributed by atoms with Crippen molar-refractivity contribution in [2.24, 2.45) is 0 Å². The van der Waals surface area contributed by atoms with Crippen molar-refractivity contribution >= 4 is 26.1 Å². The summed E-state index contributed by atoms with van der Waals surface area (Å²) in [5.41, 5.74) is 0. The van der Waals surface area contributed by atoms with Crippen LogP contribution >= 0.6 is 15.9 Å². The van der Waals surface area contributed by atoms with Gasteiger partial charge in [0.05, 0.1) is 0 Å². The summed E-state index contributed by atoms with van der Waals surface area (Å²) < 4.78 is 28.2. The molecule has 0 aromatic rings. The standard InChI is InChI=1S/C11H21BrN2O2S/c12-11-5-9-14(10-6-11)17(15,16)13-7-3-1-2-4-8-13/h11H,1-10H2. The van der Waals surface area contributed by atoms with Crippen LogP contribution in [-0.4, -0.2) is 48.0 Å². The lowest BCUT2D eigenvalue weighted by Crippen LogP contribution is -2.47. The Morgan fingerprint density at radius 2 is 1.29 bits per heavy atom. The number of halogens is 1. The normalized spacial score (nSPS) is 26.9. The van der Waals surface area contributed by atoms with Crippen molar-refractivity contribution < 1.29 is 8.42 Å². The van der Waals surface area contributed by atoms with E-state index in [2.05, 4.69) is 15.9 Å². The molecule has 0 aromatic heterocycles. The van der Waals surface area contributed by atoms with Crippen molar-refractivity contribution in [3.8, 4) is 0 Å². The van der Waals surface area contributed by atoms with Crippen LogP contribution in [0.1, 0.15) is 38.5 Å².